The summed E-state index contributed by atoms with van der Waals surface area (Å²) in [6.45, 7) is 0.136. The van der Waals surface area contributed by atoms with Crippen molar-refractivity contribution in [2.24, 2.45) is 0 Å². The molecule has 0 fully saturated rings. The molecule has 2 aromatic rings. The Labute approximate surface area is 128 Å². The van der Waals surface area contributed by atoms with Gasteiger partial charge in [0.15, 0.2) is 11.7 Å². The number of methoxy groups -OCH3 is 2. The van der Waals surface area contributed by atoms with Crippen LogP contribution >= 0.6 is 0 Å². The summed E-state index contributed by atoms with van der Waals surface area (Å²) in [5.41, 5.74) is 0.341. The monoisotopic (exact) mass is 300 g/mol. The number of ether oxygens (including phenoxy) is 4. The minimum atomic E-state index is -1.19. The van der Waals surface area contributed by atoms with Crippen LogP contribution in [0.1, 0.15) is 17.2 Å². The topological polar surface area (TPSA) is 57.2 Å². The molecule has 0 amide bonds. The predicted octanol–water partition coefficient (Wildman–Crippen LogP) is 2.42. The van der Waals surface area contributed by atoms with Crippen molar-refractivity contribution in [1.82, 2.24) is 0 Å². The maximum Gasteiger partial charge on any atom is 0.168 e. The summed E-state index contributed by atoms with van der Waals surface area (Å²) in [6.07, 6.45) is -0.496. The first kappa shape index (κ1) is 13.3. The minimum absolute atomic E-state index is 0.136. The van der Waals surface area contributed by atoms with E-state index in [-0.39, 0.29) is 6.61 Å². The molecule has 0 radical (unpaired) electrons. The van der Waals surface area contributed by atoms with Crippen LogP contribution in [0.15, 0.2) is 36.4 Å². The van der Waals surface area contributed by atoms with Crippen LogP contribution in [-0.2, 0) is 5.60 Å². The van der Waals surface area contributed by atoms with Gasteiger partial charge in [-0.25, -0.2) is 0 Å². The summed E-state index contributed by atoms with van der Waals surface area (Å²) in [6, 6.07) is 10.9. The molecule has 4 rings (SSSR count). The standard InChI is InChI=1S/C17H16O5/c1-19-10-3-5-12-14(7-10)21-9-17(18)13-6-4-11(20-2)8-15(13)22-16(12)17/h3-8,16,18H,9H2,1-2H3. The molecule has 2 aliphatic heterocycles. The highest BCUT2D eigenvalue weighted by molar-refractivity contribution is 5.54. The molecule has 1 N–H and O–H groups in total. The summed E-state index contributed by atoms with van der Waals surface area (Å²) in [5, 5.41) is 11.1. The number of rotatable bonds is 2. The molecule has 2 atom stereocenters. The Kier molecular flexibility index (Phi) is 2.74. The van der Waals surface area contributed by atoms with Crippen molar-refractivity contribution in [3.63, 3.8) is 0 Å². The van der Waals surface area contributed by atoms with Crippen molar-refractivity contribution in [2.75, 3.05) is 20.8 Å². The third-order valence-electron chi connectivity index (χ3n) is 4.28. The van der Waals surface area contributed by atoms with Gasteiger partial charge >= 0.3 is 0 Å². The Morgan fingerprint density at radius 3 is 2.45 bits per heavy atom. The lowest BCUT2D eigenvalue weighted by Gasteiger charge is -2.34. The van der Waals surface area contributed by atoms with E-state index in [1.165, 1.54) is 0 Å². The van der Waals surface area contributed by atoms with E-state index < -0.39 is 11.7 Å². The smallest absolute Gasteiger partial charge is 0.168 e. The molecular formula is C17H16O5. The molecule has 0 bridgehead atoms. The summed E-state index contributed by atoms with van der Waals surface area (Å²) in [5.74, 6) is 2.70. The van der Waals surface area contributed by atoms with E-state index >= 15 is 0 Å². The largest absolute Gasteiger partial charge is 0.497 e. The lowest BCUT2D eigenvalue weighted by atomic mass is 9.85. The normalized spacial score (nSPS) is 24.4. The van der Waals surface area contributed by atoms with Gasteiger partial charge in [-0.1, -0.05) is 0 Å². The third-order valence-corrected chi connectivity index (χ3v) is 4.28. The molecule has 0 spiro atoms. The maximum absolute atomic E-state index is 11.1. The molecule has 5 nitrogen and oxygen atoms in total. The van der Waals surface area contributed by atoms with E-state index in [2.05, 4.69) is 0 Å². The first-order chi connectivity index (χ1) is 10.7. The molecule has 0 saturated heterocycles. The summed E-state index contributed by atoms with van der Waals surface area (Å²) in [4.78, 5) is 0. The summed E-state index contributed by atoms with van der Waals surface area (Å²) < 4.78 is 22.2. The Bertz CT molecular complexity index is 742. The van der Waals surface area contributed by atoms with Gasteiger partial charge in [0, 0.05) is 23.3 Å². The number of benzene rings is 2. The number of hydrogen-bond acceptors (Lipinski definition) is 5. The van der Waals surface area contributed by atoms with Gasteiger partial charge in [-0.2, -0.15) is 0 Å². The first-order valence-corrected chi connectivity index (χ1v) is 7.04. The molecule has 114 valence electrons. The average molecular weight is 300 g/mol. The highest BCUT2D eigenvalue weighted by atomic mass is 16.5. The van der Waals surface area contributed by atoms with E-state index in [0.29, 0.717) is 23.0 Å². The lowest BCUT2D eigenvalue weighted by Crippen LogP contribution is -2.41. The first-order valence-electron chi connectivity index (χ1n) is 7.04. The van der Waals surface area contributed by atoms with Gasteiger partial charge in [-0.3, -0.25) is 0 Å². The lowest BCUT2D eigenvalue weighted by molar-refractivity contribution is -0.0864. The second kappa shape index (κ2) is 4.55. The maximum atomic E-state index is 11.1. The predicted molar refractivity (Wildman–Crippen MR) is 78.7 cm³/mol. The van der Waals surface area contributed by atoms with Gasteiger partial charge in [-0.15, -0.1) is 0 Å². The number of hydrogen-bond donors (Lipinski definition) is 1. The fraction of sp³-hybridized carbons (Fsp3) is 0.294. The summed E-state index contributed by atoms with van der Waals surface area (Å²) in [7, 11) is 3.21. The fourth-order valence-corrected chi connectivity index (χ4v) is 3.10. The van der Waals surface area contributed by atoms with Gasteiger partial charge in [0.1, 0.15) is 29.6 Å². The van der Waals surface area contributed by atoms with Crippen molar-refractivity contribution in [1.29, 1.82) is 0 Å². The van der Waals surface area contributed by atoms with E-state index in [0.717, 1.165) is 11.1 Å². The molecule has 2 aromatic carbocycles. The van der Waals surface area contributed by atoms with Crippen molar-refractivity contribution in [2.45, 2.75) is 11.7 Å². The van der Waals surface area contributed by atoms with E-state index in [9.17, 15) is 5.11 Å². The molecule has 0 aliphatic carbocycles. The van der Waals surface area contributed by atoms with Crippen LogP contribution < -0.4 is 18.9 Å². The zero-order chi connectivity index (χ0) is 15.3. The number of aliphatic hydroxyl groups is 1. The van der Waals surface area contributed by atoms with Crippen LogP contribution in [0.5, 0.6) is 23.0 Å². The van der Waals surface area contributed by atoms with Crippen LogP contribution in [0, 0.1) is 0 Å². The Morgan fingerprint density at radius 2 is 1.73 bits per heavy atom. The molecule has 22 heavy (non-hydrogen) atoms. The van der Waals surface area contributed by atoms with Crippen LogP contribution in [0.25, 0.3) is 0 Å². The van der Waals surface area contributed by atoms with E-state index in [1.54, 1.807) is 20.3 Å². The van der Waals surface area contributed by atoms with Crippen LogP contribution in [-0.4, -0.2) is 25.9 Å². The Hall–Kier alpha value is -2.40. The van der Waals surface area contributed by atoms with Gasteiger partial charge in [0.05, 0.1) is 14.2 Å². The van der Waals surface area contributed by atoms with Gasteiger partial charge in [0.2, 0.25) is 0 Å². The van der Waals surface area contributed by atoms with Crippen LogP contribution in [0.4, 0.5) is 0 Å². The van der Waals surface area contributed by atoms with Crippen LogP contribution in [0.2, 0.25) is 0 Å². The second-order valence-corrected chi connectivity index (χ2v) is 5.48. The SMILES string of the molecule is COc1ccc2c(c1)OCC1(O)c3ccc(OC)cc3OC21. The van der Waals surface area contributed by atoms with Crippen molar-refractivity contribution >= 4 is 0 Å². The van der Waals surface area contributed by atoms with E-state index in [1.807, 2.05) is 30.3 Å². The molecule has 0 saturated carbocycles. The van der Waals surface area contributed by atoms with Gasteiger partial charge < -0.3 is 24.1 Å². The zero-order valence-corrected chi connectivity index (χ0v) is 12.3. The van der Waals surface area contributed by atoms with Crippen LogP contribution in [0.3, 0.4) is 0 Å². The number of fused-ring (bicyclic) bond motifs is 5. The quantitative estimate of drug-likeness (QED) is 0.923. The van der Waals surface area contributed by atoms with E-state index in [4.69, 9.17) is 18.9 Å². The molecule has 5 heteroatoms. The summed E-state index contributed by atoms with van der Waals surface area (Å²) >= 11 is 0. The highest BCUT2D eigenvalue weighted by Gasteiger charge is 2.53. The second-order valence-electron chi connectivity index (χ2n) is 5.48. The molecule has 0 aromatic heterocycles. The molecular weight excluding hydrogens is 284 g/mol. The van der Waals surface area contributed by atoms with Crippen molar-refractivity contribution in [3.05, 3.63) is 47.5 Å². The minimum Gasteiger partial charge on any atom is -0.497 e. The fourth-order valence-electron chi connectivity index (χ4n) is 3.10. The van der Waals surface area contributed by atoms with Crippen molar-refractivity contribution < 1.29 is 24.1 Å². The Balaban J connectivity index is 1.81. The Morgan fingerprint density at radius 1 is 1.05 bits per heavy atom. The van der Waals surface area contributed by atoms with Crippen molar-refractivity contribution in [3.8, 4) is 23.0 Å². The zero-order valence-electron chi connectivity index (χ0n) is 12.3. The highest BCUT2D eigenvalue weighted by Crippen LogP contribution is 2.54. The molecule has 2 aliphatic rings. The van der Waals surface area contributed by atoms with Gasteiger partial charge in [0.25, 0.3) is 0 Å². The third kappa shape index (κ3) is 1.69. The molecule has 2 unspecified atom stereocenters. The average Bonchev–Trinajstić information content (AvgIpc) is 2.86. The van der Waals surface area contributed by atoms with Gasteiger partial charge in [-0.05, 0) is 24.3 Å². The molecule has 2 heterocycles.